The third-order valence-corrected chi connectivity index (χ3v) is 5.75. The number of benzene rings is 1. The van der Waals surface area contributed by atoms with E-state index < -0.39 is 41.9 Å². The van der Waals surface area contributed by atoms with Gasteiger partial charge in [0.1, 0.15) is 0 Å². The van der Waals surface area contributed by atoms with Crippen LogP contribution in [0.15, 0.2) is 35.4 Å². The molecular weight excluding hydrogens is 460 g/mol. The minimum absolute atomic E-state index is 0.0385. The molecule has 2 heterocycles. The molecule has 0 aromatic heterocycles. The molecule has 10 heteroatoms. The van der Waals surface area contributed by atoms with Crippen molar-refractivity contribution in [3.63, 3.8) is 0 Å². The van der Waals surface area contributed by atoms with Crippen molar-refractivity contribution in [1.29, 1.82) is 0 Å². The molecule has 4 rings (SSSR count). The summed E-state index contributed by atoms with van der Waals surface area (Å²) in [4.78, 5) is 52.0. The van der Waals surface area contributed by atoms with Crippen LogP contribution in [0.4, 0.5) is 0 Å². The standard InChI is InChI=1S/C25H26O10/c1-5-30-21(26)15-17-13-11-9-10-12-14(13)18-16(22(27)31-6-2)20(24(29)33-8-4)35-25(17,18)34-19(15)23(28)32-7-3/h9-12,19-20H,5-8H2,1-4H3/t19-,20-,25?/m0/s1. The summed E-state index contributed by atoms with van der Waals surface area (Å²) in [7, 11) is 0. The quantitative estimate of drug-likeness (QED) is 0.398. The molecule has 0 unspecified atom stereocenters. The van der Waals surface area contributed by atoms with Gasteiger partial charge in [0.15, 0.2) is 12.2 Å². The molecule has 1 spiro atoms. The van der Waals surface area contributed by atoms with Crippen molar-refractivity contribution in [3.8, 4) is 0 Å². The lowest BCUT2D eigenvalue weighted by Crippen LogP contribution is -2.38. The molecule has 3 aliphatic rings. The fourth-order valence-electron chi connectivity index (χ4n) is 4.62. The Morgan fingerprint density at radius 3 is 1.40 bits per heavy atom. The Morgan fingerprint density at radius 2 is 1.06 bits per heavy atom. The van der Waals surface area contributed by atoms with Gasteiger partial charge in [-0.1, -0.05) is 24.3 Å². The summed E-state index contributed by atoms with van der Waals surface area (Å²) in [5.74, 6) is -5.17. The highest BCUT2D eigenvalue weighted by molar-refractivity contribution is 6.19. The van der Waals surface area contributed by atoms with Gasteiger partial charge in [0.2, 0.25) is 5.79 Å². The normalized spacial score (nSPS) is 21.3. The van der Waals surface area contributed by atoms with Crippen molar-refractivity contribution in [2.45, 2.75) is 45.7 Å². The highest BCUT2D eigenvalue weighted by atomic mass is 16.7. The number of carbonyl (C=O) groups is 4. The molecular formula is C25H26O10. The van der Waals surface area contributed by atoms with Gasteiger partial charge >= 0.3 is 23.9 Å². The molecule has 0 fully saturated rings. The van der Waals surface area contributed by atoms with Crippen LogP contribution < -0.4 is 0 Å². The second kappa shape index (κ2) is 9.63. The summed E-state index contributed by atoms with van der Waals surface area (Å²) in [6.07, 6.45) is -3.01. The molecule has 1 aromatic rings. The zero-order chi connectivity index (χ0) is 25.3. The van der Waals surface area contributed by atoms with E-state index >= 15 is 0 Å². The summed E-state index contributed by atoms with van der Waals surface area (Å²) in [5, 5.41) is 0. The average Bonchev–Trinajstić information content (AvgIpc) is 3.43. The van der Waals surface area contributed by atoms with Crippen molar-refractivity contribution in [3.05, 3.63) is 46.5 Å². The minimum Gasteiger partial charge on any atom is -0.464 e. The molecule has 0 amide bonds. The van der Waals surface area contributed by atoms with Crippen LogP contribution in [-0.2, 0) is 47.6 Å². The number of hydrogen-bond donors (Lipinski definition) is 0. The largest absolute Gasteiger partial charge is 0.464 e. The number of rotatable bonds is 8. The Kier molecular flexibility index (Phi) is 6.77. The van der Waals surface area contributed by atoms with E-state index in [0.29, 0.717) is 11.1 Å². The van der Waals surface area contributed by atoms with E-state index in [1.165, 1.54) is 0 Å². The fraction of sp³-hybridized carbons (Fsp3) is 0.440. The first-order chi connectivity index (χ1) is 16.9. The van der Waals surface area contributed by atoms with Gasteiger partial charge < -0.3 is 28.4 Å². The maximum absolute atomic E-state index is 13.1. The van der Waals surface area contributed by atoms with Gasteiger partial charge in [-0.2, -0.15) is 0 Å². The number of ether oxygens (including phenoxy) is 6. The number of hydrogen-bond acceptors (Lipinski definition) is 10. The van der Waals surface area contributed by atoms with Gasteiger partial charge in [0, 0.05) is 11.1 Å². The Balaban J connectivity index is 2.03. The highest BCUT2D eigenvalue weighted by Crippen LogP contribution is 2.62. The number of carbonyl (C=O) groups excluding carboxylic acids is 4. The van der Waals surface area contributed by atoms with Crippen molar-refractivity contribution >= 4 is 35.0 Å². The molecule has 10 nitrogen and oxygen atoms in total. The number of fused-ring (bicyclic) bond motifs is 3. The monoisotopic (exact) mass is 486 g/mol. The second-order valence-electron chi connectivity index (χ2n) is 7.68. The van der Waals surface area contributed by atoms with Crippen molar-refractivity contribution < 1.29 is 47.6 Å². The van der Waals surface area contributed by atoms with E-state index in [1.54, 1.807) is 52.0 Å². The zero-order valence-corrected chi connectivity index (χ0v) is 19.9. The Hall–Kier alpha value is -3.50. The fourth-order valence-corrected chi connectivity index (χ4v) is 4.62. The smallest absolute Gasteiger partial charge is 0.340 e. The van der Waals surface area contributed by atoms with Gasteiger partial charge in [-0.3, -0.25) is 0 Å². The molecule has 2 aliphatic heterocycles. The van der Waals surface area contributed by atoms with Crippen LogP contribution >= 0.6 is 0 Å². The molecule has 1 aromatic carbocycles. The van der Waals surface area contributed by atoms with Gasteiger partial charge in [0.25, 0.3) is 0 Å². The average molecular weight is 486 g/mol. The van der Waals surface area contributed by atoms with E-state index in [1.807, 2.05) is 0 Å². The van der Waals surface area contributed by atoms with E-state index in [9.17, 15) is 19.2 Å². The topological polar surface area (TPSA) is 124 Å². The molecule has 0 N–H and O–H groups in total. The molecule has 0 saturated heterocycles. The van der Waals surface area contributed by atoms with E-state index in [0.717, 1.165) is 0 Å². The lowest BCUT2D eigenvalue weighted by atomic mass is 9.97. The second-order valence-corrected chi connectivity index (χ2v) is 7.68. The van der Waals surface area contributed by atoms with E-state index in [4.69, 9.17) is 28.4 Å². The first-order valence-electron chi connectivity index (χ1n) is 11.5. The van der Waals surface area contributed by atoms with Gasteiger partial charge in [-0.25, -0.2) is 19.2 Å². The third-order valence-electron chi connectivity index (χ3n) is 5.75. The molecule has 0 radical (unpaired) electrons. The maximum Gasteiger partial charge on any atom is 0.340 e. The van der Waals surface area contributed by atoms with Crippen molar-refractivity contribution in [1.82, 2.24) is 0 Å². The minimum atomic E-state index is -1.91. The first kappa shape index (κ1) is 24.6. The predicted octanol–water partition coefficient (Wildman–Crippen LogP) is 1.95. The zero-order valence-electron chi connectivity index (χ0n) is 19.9. The number of esters is 4. The lowest BCUT2D eigenvalue weighted by molar-refractivity contribution is -0.199. The van der Waals surface area contributed by atoms with Crippen LogP contribution in [0.25, 0.3) is 11.1 Å². The molecule has 0 bridgehead atoms. The molecule has 2 atom stereocenters. The summed E-state index contributed by atoms with van der Waals surface area (Å²) in [6.45, 7) is 6.66. The van der Waals surface area contributed by atoms with Crippen LogP contribution in [0, 0.1) is 0 Å². The SMILES string of the molecule is CCOC(=O)C1=C2c3ccccc3C3=C(C(=O)OCC)[C@@H](C(=O)OCC)OC23O[C@@H]1C(=O)OCC. The van der Waals surface area contributed by atoms with Crippen LogP contribution in [0.5, 0.6) is 0 Å². The third kappa shape index (κ3) is 3.73. The first-order valence-corrected chi connectivity index (χ1v) is 11.5. The van der Waals surface area contributed by atoms with Gasteiger partial charge in [-0.05, 0) is 38.8 Å². The maximum atomic E-state index is 13.1. The molecule has 1 aliphatic carbocycles. The van der Waals surface area contributed by atoms with Crippen LogP contribution in [-0.4, -0.2) is 68.3 Å². The van der Waals surface area contributed by atoms with Gasteiger partial charge in [0.05, 0.1) is 37.6 Å². The Morgan fingerprint density at radius 1 is 0.686 bits per heavy atom. The van der Waals surface area contributed by atoms with Crippen LogP contribution in [0.2, 0.25) is 0 Å². The Labute approximate surface area is 201 Å². The van der Waals surface area contributed by atoms with Crippen LogP contribution in [0.3, 0.4) is 0 Å². The summed E-state index contributed by atoms with van der Waals surface area (Å²) in [5.41, 5.74) is 1.16. The van der Waals surface area contributed by atoms with Crippen molar-refractivity contribution in [2.75, 3.05) is 26.4 Å². The summed E-state index contributed by atoms with van der Waals surface area (Å²) >= 11 is 0. The lowest BCUT2D eigenvalue weighted by Gasteiger charge is -2.26. The Bertz CT molecular complexity index is 1060. The van der Waals surface area contributed by atoms with E-state index in [2.05, 4.69) is 0 Å². The van der Waals surface area contributed by atoms with Crippen molar-refractivity contribution in [2.24, 2.45) is 0 Å². The van der Waals surface area contributed by atoms with Crippen LogP contribution in [0.1, 0.15) is 38.8 Å². The molecule has 0 saturated carbocycles. The van der Waals surface area contributed by atoms with Gasteiger partial charge in [-0.15, -0.1) is 0 Å². The molecule has 186 valence electrons. The predicted molar refractivity (Wildman–Crippen MR) is 119 cm³/mol. The summed E-state index contributed by atoms with van der Waals surface area (Å²) < 4.78 is 33.1. The van der Waals surface area contributed by atoms with E-state index in [-0.39, 0.29) is 48.7 Å². The molecule has 35 heavy (non-hydrogen) atoms. The highest BCUT2D eigenvalue weighted by Gasteiger charge is 2.67. The summed E-state index contributed by atoms with van der Waals surface area (Å²) in [6, 6.07) is 6.88.